The summed E-state index contributed by atoms with van der Waals surface area (Å²) < 4.78 is 81.5. The van der Waals surface area contributed by atoms with Crippen molar-refractivity contribution in [2.24, 2.45) is 0 Å². The van der Waals surface area contributed by atoms with Crippen molar-refractivity contribution < 1.29 is 44.7 Å². The molecule has 0 saturated carbocycles. The molecule has 3 rings (SSSR count). The van der Waals surface area contributed by atoms with Gasteiger partial charge >= 0.3 is 5.97 Å². The molecule has 0 amide bonds. The largest absolute Gasteiger partial charge is 0.548 e. The van der Waals surface area contributed by atoms with Gasteiger partial charge in [0, 0.05) is 23.5 Å². The first-order valence-electron chi connectivity index (χ1n) is 14.5. The zero-order valence-corrected chi connectivity index (χ0v) is 19.0. The van der Waals surface area contributed by atoms with Gasteiger partial charge < -0.3 is 29.0 Å². The molecule has 9 heteroatoms. The van der Waals surface area contributed by atoms with Crippen molar-refractivity contribution in [3.8, 4) is 0 Å². The van der Waals surface area contributed by atoms with Crippen molar-refractivity contribution in [1.29, 1.82) is 0 Å². The SMILES string of the molecule is [2H]C1([2H])N(C(c2ccccc2)c2ccc(Cl)cc2)C([2H])([2H])C([2H])([2H])[N+](CCOCC(=O)[O-])(CCOCC(=O)O)C1([2H])[2H]. The number of ether oxygens (including phenoxy) is 2. The van der Waals surface area contributed by atoms with Crippen LogP contribution in [0.1, 0.15) is 28.1 Å². The highest BCUT2D eigenvalue weighted by Crippen LogP contribution is 2.31. The Hall–Kier alpha value is -2.49. The van der Waals surface area contributed by atoms with Gasteiger partial charge in [0.2, 0.25) is 0 Å². The minimum absolute atomic E-state index is 0.312. The fourth-order valence-electron chi connectivity index (χ4n) is 3.35. The molecular weight excluding hydrogens is 460 g/mol. The Bertz CT molecular complexity index is 1200. The zero-order valence-electron chi connectivity index (χ0n) is 26.3. The highest BCUT2D eigenvalue weighted by atomic mass is 35.5. The number of piperazine rings is 1. The van der Waals surface area contributed by atoms with Crippen LogP contribution in [0.2, 0.25) is 5.02 Å². The van der Waals surface area contributed by atoms with Gasteiger partial charge in [0.05, 0.1) is 50.3 Å². The molecule has 0 aromatic heterocycles. The molecule has 1 N–H and O–H groups in total. The van der Waals surface area contributed by atoms with Gasteiger partial charge in [-0.3, -0.25) is 4.90 Å². The summed E-state index contributed by atoms with van der Waals surface area (Å²) in [6, 6.07) is 12.8. The topological polar surface area (TPSA) is 99.1 Å². The van der Waals surface area contributed by atoms with E-state index >= 15 is 0 Å². The third kappa shape index (κ3) is 7.78. The van der Waals surface area contributed by atoms with E-state index in [4.69, 9.17) is 37.1 Å². The number of carboxylic acids is 2. The molecule has 34 heavy (non-hydrogen) atoms. The molecule has 0 spiro atoms. The van der Waals surface area contributed by atoms with E-state index in [0.717, 1.165) is 0 Å². The van der Waals surface area contributed by atoms with E-state index in [2.05, 4.69) is 0 Å². The summed E-state index contributed by atoms with van der Waals surface area (Å²) in [6.45, 7) is -17.4. The predicted molar refractivity (Wildman–Crippen MR) is 125 cm³/mol. The number of aliphatic carboxylic acids is 2. The first-order chi connectivity index (χ1) is 19.4. The van der Waals surface area contributed by atoms with Crippen molar-refractivity contribution in [2.45, 2.75) is 6.04 Å². The molecule has 1 aliphatic heterocycles. The van der Waals surface area contributed by atoms with Crippen LogP contribution in [0.15, 0.2) is 54.6 Å². The lowest BCUT2D eigenvalue weighted by molar-refractivity contribution is -0.932. The fraction of sp³-hybridized carbons (Fsp3) is 0.440. The standard InChI is InChI=1S/C25H31ClN2O6/c26-22-8-6-21(7-9-22)25(20-4-2-1-3-5-20)27-10-12-28(13-11-27,14-16-33-18-23(29)30)15-17-34-19-24(31)32/h1-9,25H,10-19H2,(H-,29,30,31,32)/i10D2,11D2,12D2,13D2. The summed E-state index contributed by atoms with van der Waals surface area (Å²) in [4.78, 5) is 22.4. The maximum absolute atomic E-state index is 11.0. The molecule has 1 heterocycles. The average molecular weight is 499 g/mol. The van der Waals surface area contributed by atoms with Gasteiger partial charge in [-0.25, -0.2) is 4.79 Å². The summed E-state index contributed by atoms with van der Waals surface area (Å²) in [5, 5.41) is 20.2. The van der Waals surface area contributed by atoms with Gasteiger partial charge in [0.25, 0.3) is 0 Å². The van der Waals surface area contributed by atoms with Crippen molar-refractivity contribution >= 4 is 23.5 Å². The Morgan fingerprint density at radius 2 is 1.56 bits per heavy atom. The highest BCUT2D eigenvalue weighted by molar-refractivity contribution is 6.30. The Balaban J connectivity index is 2.23. The number of carbonyl (C=O) groups is 2. The molecule has 1 unspecified atom stereocenters. The van der Waals surface area contributed by atoms with Gasteiger partial charge in [-0.05, 0) is 23.3 Å². The predicted octanol–water partition coefficient (Wildman–Crippen LogP) is 1.43. The summed E-state index contributed by atoms with van der Waals surface area (Å²) in [6.07, 6.45) is 0. The van der Waals surface area contributed by atoms with Crippen molar-refractivity contribution in [3.05, 3.63) is 70.7 Å². The Labute approximate surface area is 216 Å². The van der Waals surface area contributed by atoms with E-state index < -0.39 is 88.0 Å². The number of halogens is 1. The smallest absolute Gasteiger partial charge is 0.329 e. The van der Waals surface area contributed by atoms with Crippen LogP contribution in [0.4, 0.5) is 0 Å². The fourth-order valence-corrected chi connectivity index (χ4v) is 3.47. The molecule has 8 nitrogen and oxygen atoms in total. The lowest BCUT2D eigenvalue weighted by atomic mass is 9.96. The van der Waals surface area contributed by atoms with Crippen LogP contribution < -0.4 is 5.11 Å². The van der Waals surface area contributed by atoms with Gasteiger partial charge in [-0.15, -0.1) is 0 Å². The molecule has 1 atom stereocenters. The molecule has 184 valence electrons. The maximum atomic E-state index is 11.0. The Kier molecular flexibility index (Phi) is 6.42. The van der Waals surface area contributed by atoms with E-state index in [9.17, 15) is 14.7 Å². The summed E-state index contributed by atoms with van der Waals surface area (Å²) in [5.41, 5.74) is 0.660. The van der Waals surface area contributed by atoms with E-state index in [-0.39, 0.29) is 0 Å². The van der Waals surface area contributed by atoms with Crippen LogP contribution in [0.5, 0.6) is 0 Å². The Morgan fingerprint density at radius 1 is 1.00 bits per heavy atom. The minimum Gasteiger partial charge on any atom is -0.548 e. The number of carboxylic acid groups (broad SMARTS) is 2. The number of quaternary nitrogens is 1. The molecule has 1 aliphatic rings. The number of hydrogen-bond donors (Lipinski definition) is 1. The third-order valence-electron chi connectivity index (χ3n) is 5.01. The normalized spacial score (nSPS) is 26.1. The molecule has 1 saturated heterocycles. The number of carbonyl (C=O) groups excluding carboxylic acids is 1. The Morgan fingerprint density at radius 3 is 2.12 bits per heavy atom. The molecular formula is C25H31ClN2O6. The molecule has 2 aromatic rings. The van der Waals surface area contributed by atoms with Crippen LogP contribution in [0, 0.1) is 0 Å². The average Bonchev–Trinajstić information content (AvgIpc) is 2.90. The van der Waals surface area contributed by atoms with Crippen molar-refractivity contribution in [3.63, 3.8) is 0 Å². The van der Waals surface area contributed by atoms with E-state index in [0.29, 0.717) is 21.0 Å². The second-order valence-electron chi connectivity index (χ2n) is 7.47. The van der Waals surface area contributed by atoms with Crippen LogP contribution >= 0.6 is 11.6 Å². The first-order valence-corrected chi connectivity index (χ1v) is 10.9. The van der Waals surface area contributed by atoms with E-state index in [1.807, 2.05) is 0 Å². The monoisotopic (exact) mass is 498 g/mol. The summed E-state index contributed by atoms with van der Waals surface area (Å²) in [5.74, 6) is -2.95. The molecule has 2 aromatic carbocycles. The quantitative estimate of drug-likeness (QED) is 0.329. The summed E-state index contributed by atoms with van der Waals surface area (Å²) in [7, 11) is 0. The van der Waals surface area contributed by atoms with Crippen LogP contribution in [0.3, 0.4) is 0 Å². The van der Waals surface area contributed by atoms with E-state index in [1.165, 1.54) is 24.3 Å². The number of nitrogens with zero attached hydrogens (tertiary/aromatic N) is 2. The molecule has 0 radical (unpaired) electrons. The third-order valence-corrected chi connectivity index (χ3v) is 5.26. The van der Waals surface area contributed by atoms with Gasteiger partial charge in [-0.1, -0.05) is 54.1 Å². The molecule has 1 fully saturated rings. The van der Waals surface area contributed by atoms with Crippen LogP contribution in [0.25, 0.3) is 0 Å². The second kappa shape index (κ2) is 12.8. The van der Waals surface area contributed by atoms with Crippen LogP contribution in [-0.2, 0) is 19.1 Å². The minimum atomic E-state index is -3.25. The van der Waals surface area contributed by atoms with Crippen molar-refractivity contribution in [1.82, 2.24) is 4.90 Å². The van der Waals surface area contributed by atoms with Gasteiger partial charge in [0.15, 0.2) is 0 Å². The van der Waals surface area contributed by atoms with E-state index in [1.54, 1.807) is 30.3 Å². The van der Waals surface area contributed by atoms with Crippen molar-refractivity contribution in [2.75, 3.05) is 65.5 Å². The maximum Gasteiger partial charge on any atom is 0.329 e. The van der Waals surface area contributed by atoms with Gasteiger partial charge in [0.1, 0.15) is 19.7 Å². The zero-order chi connectivity index (χ0) is 31.6. The molecule has 0 bridgehead atoms. The lowest BCUT2D eigenvalue weighted by Crippen LogP contribution is -2.62. The first kappa shape index (κ1) is 17.0. The number of rotatable bonds is 13. The lowest BCUT2D eigenvalue weighted by Gasteiger charge is -2.47. The summed E-state index contributed by atoms with van der Waals surface area (Å²) >= 11 is 6.06. The van der Waals surface area contributed by atoms with Gasteiger partial charge in [-0.2, -0.15) is 0 Å². The number of benzene rings is 2. The second-order valence-corrected chi connectivity index (χ2v) is 7.90. The number of hydrogen-bond acceptors (Lipinski definition) is 6. The van der Waals surface area contributed by atoms with Crippen LogP contribution in [-0.4, -0.2) is 91.9 Å². The highest BCUT2D eigenvalue weighted by Gasteiger charge is 2.36. The molecule has 0 aliphatic carbocycles.